The number of benzene rings is 2. The third kappa shape index (κ3) is 1.81. The van der Waals surface area contributed by atoms with Gasteiger partial charge in [-0.2, -0.15) is 0 Å². The van der Waals surface area contributed by atoms with Gasteiger partial charge in [-0.1, -0.05) is 44.2 Å². The predicted molar refractivity (Wildman–Crippen MR) is 78.3 cm³/mol. The molecule has 3 rings (SSSR count). The Balaban J connectivity index is 2.35. The molecule has 0 saturated heterocycles. The van der Waals surface area contributed by atoms with E-state index in [-0.39, 0.29) is 0 Å². The Kier molecular flexibility index (Phi) is 2.83. The second kappa shape index (κ2) is 4.36. The van der Waals surface area contributed by atoms with Crippen molar-refractivity contribution < 1.29 is 4.21 Å². The van der Waals surface area contributed by atoms with E-state index < -0.39 is 10.8 Å². The number of hydrogen-bond donors (Lipinski definition) is 0. The molecule has 0 aromatic heterocycles. The van der Waals surface area contributed by atoms with Gasteiger partial charge in [-0.05, 0) is 39.9 Å². The Morgan fingerprint density at radius 1 is 1.22 bits per heavy atom. The van der Waals surface area contributed by atoms with Crippen LogP contribution in [0.15, 0.2) is 41.3 Å². The van der Waals surface area contributed by atoms with Gasteiger partial charge in [-0.25, -0.2) is 0 Å². The highest BCUT2D eigenvalue weighted by Crippen LogP contribution is 2.31. The zero-order valence-electron chi connectivity index (χ0n) is 10.6. The maximum absolute atomic E-state index is 12.1. The summed E-state index contributed by atoms with van der Waals surface area (Å²) in [7, 11) is -0.879. The normalized spacial score (nSPS) is 18.3. The van der Waals surface area contributed by atoms with E-state index in [1.807, 2.05) is 6.08 Å². The van der Waals surface area contributed by atoms with Gasteiger partial charge in [0, 0.05) is 10.6 Å². The van der Waals surface area contributed by atoms with Crippen molar-refractivity contribution in [1.82, 2.24) is 0 Å². The van der Waals surface area contributed by atoms with Gasteiger partial charge in [0.05, 0.1) is 10.8 Å². The Hall–Kier alpha value is -1.41. The van der Waals surface area contributed by atoms with Crippen molar-refractivity contribution in [3.05, 3.63) is 47.5 Å². The first-order valence-corrected chi connectivity index (χ1v) is 7.60. The van der Waals surface area contributed by atoms with Gasteiger partial charge in [-0.3, -0.25) is 4.21 Å². The Morgan fingerprint density at radius 2 is 2.06 bits per heavy atom. The van der Waals surface area contributed by atoms with Gasteiger partial charge in [0.1, 0.15) is 0 Å². The van der Waals surface area contributed by atoms with Crippen LogP contribution < -0.4 is 0 Å². The first-order valence-electron chi connectivity index (χ1n) is 6.28. The van der Waals surface area contributed by atoms with Crippen molar-refractivity contribution >= 4 is 27.6 Å². The Morgan fingerprint density at radius 3 is 2.83 bits per heavy atom. The minimum Gasteiger partial charge on any atom is -0.254 e. The van der Waals surface area contributed by atoms with Crippen LogP contribution in [0.2, 0.25) is 0 Å². The van der Waals surface area contributed by atoms with Crippen LogP contribution in [0.3, 0.4) is 0 Å². The van der Waals surface area contributed by atoms with Gasteiger partial charge in [0.2, 0.25) is 0 Å². The molecule has 0 fully saturated rings. The van der Waals surface area contributed by atoms with Crippen LogP contribution in [0.25, 0.3) is 16.8 Å². The molecule has 1 atom stereocenters. The summed E-state index contributed by atoms with van der Waals surface area (Å²) in [4.78, 5) is 0.984. The third-order valence-corrected chi connectivity index (χ3v) is 4.80. The van der Waals surface area contributed by atoms with Crippen LogP contribution in [-0.2, 0) is 10.8 Å². The van der Waals surface area contributed by atoms with E-state index in [1.54, 1.807) is 0 Å². The minimum absolute atomic E-state index is 0.485. The lowest BCUT2D eigenvalue weighted by atomic mass is 9.95. The molecular weight excluding hydrogens is 240 g/mol. The summed E-state index contributed by atoms with van der Waals surface area (Å²) in [5.41, 5.74) is 2.44. The average molecular weight is 256 g/mol. The molecule has 18 heavy (non-hydrogen) atoms. The van der Waals surface area contributed by atoms with Crippen LogP contribution in [0.1, 0.15) is 30.9 Å². The van der Waals surface area contributed by atoms with Crippen LogP contribution in [0.5, 0.6) is 0 Å². The van der Waals surface area contributed by atoms with Crippen LogP contribution in [-0.4, -0.2) is 9.96 Å². The van der Waals surface area contributed by atoms with E-state index >= 15 is 0 Å². The molecule has 0 saturated carbocycles. The van der Waals surface area contributed by atoms with Crippen molar-refractivity contribution in [2.45, 2.75) is 24.7 Å². The van der Waals surface area contributed by atoms with E-state index in [0.29, 0.717) is 11.7 Å². The van der Waals surface area contributed by atoms with Crippen molar-refractivity contribution in [2.24, 2.45) is 0 Å². The Bertz CT molecular complexity index is 668. The van der Waals surface area contributed by atoms with Gasteiger partial charge in [-0.15, -0.1) is 0 Å². The second-order valence-corrected chi connectivity index (χ2v) is 6.49. The molecule has 1 nitrogen and oxygen atoms in total. The lowest BCUT2D eigenvalue weighted by molar-refractivity contribution is 0.684. The summed E-state index contributed by atoms with van der Waals surface area (Å²) < 4.78 is 12.1. The standard InChI is InChI=1S/C16H16OS/c1-11(2)14-7-3-5-12-9-13-6-4-8-18(17)16(13)10-15(12)14/h3-7,9-11H,8H2,1-2H3. The van der Waals surface area contributed by atoms with E-state index in [1.165, 1.54) is 16.3 Å². The molecule has 2 aromatic carbocycles. The fraction of sp³-hybridized carbons (Fsp3) is 0.250. The lowest BCUT2D eigenvalue weighted by Gasteiger charge is -2.15. The molecule has 1 aliphatic heterocycles. The van der Waals surface area contributed by atoms with Crippen molar-refractivity contribution in [3.63, 3.8) is 0 Å². The SMILES string of the molecule is CC(C)c1cccc2cc3c(cc12)S(=O)CC=C3. The van der Waals surface area contributed by atoms with Crippen LogP contribution in [0, 0.1) is 0 Å². The van der Waals surface area contributed by atoms with E-state index in [9.17, 15) is 4.21 Å². The lowest BCUT2D eigenvalue weighted by Crippen LogP contribution is -2.03. The highest BCUT2D eigenvalue weighted by Gasteiger charge is 2.14. The summed E-state index contributed by atoms with van der Waals surface area (Å²) in [6, 6.07) is 10.7. The van der Waals surface area contributed by atoms with Crippen LogP contribution in [0.4, 0.5) is 0 Å². The highest BCUT2D eigenvalue weighted by molar-refractivity contribution is 7.85. The van der Waals surface area contributed by atoms with Gasteiger partial charge >= 0.3 is 0 Å². The molecule has 0 N–H and O–H groups in total. The first-order chi connectivity index (χ1) is 8.66. The molecule has 0 amide bonds. The summed E-state index contributed by atoms with van der Waals surface area (Å²) in [5.74, 6) is 1.13. The quantitative estimate of drug-likeness (QED) is 0.751. The number of fused-ring (bicyclic) bond motifs is 2. The maximum atomic E-state index is 12.1. The van der Waals surface area contributed by atoms with Gasteiger partial charge in [0.15, 0.2) is 0 Å². The molecule has 2 heteroatoms. The monoisotopic (exact) mass is 256 g/mol. The zero-order valence-corrected chi connectivity index (χ0v) is 11.5. The number of hydrogen-bond acceptors (Lipinski definition) is 1. The summed E-state index contributed by atoms with van der Waals surface area (Å²) in [6.07, 6.45) is 4.08. The molecule has 0 bridgehead atoms. The fourth-order valence-electron chi connectivity index (χ4n) is 2.53. The molecule has 1 unspecified atom stereocenters. The largest absolute Gasteiger partial charge is 0.254 e. The predicted octanol–water partition coefficient (Wildman–Crippen LogP) is 4.10. The fourth-order valence-corrected chi connectivity index (χ4v) is 3.62. The molecule has 0 aliphatic carbocycles. The average Bonchev–Trinajstić information content (AvgIpc) is 2.36. The Labute approximate surface area is 110 Å². The van der Waals surface area contributed by atoms with Crippen molar-refractivity contribution in [3.8, 4) is 0 Å². The second-order valence-electron chi connectivity index (χ2n) is 5.03. The molecule has 92 valence electrons. The van der Waals surface area contributed by atoms with Gasteiger partial charge in [0.25, 0.3) is 0 Å². The van der Waals surface area contributed by atoms with E-state index in [4.69, 9.17) is 0 Å². The topological polar surface area (TPSA) is 17.1 Å². The maximum Gasteiger partial charge on any atom is 0.0574 e. The molecule has 0 spiro atoms. The molecule has 0 radical (unpaired) electrons. The van der Waals surface area contributed by atoms with E-state index in [0.717, 1.165) is 10.5 Å². The van der Waals surface area contributed by atoms with Gasteiger partial charge < -0.3 is 0 Å². The highest BCUT2D eigenvalue weighted by atomic mass is 32.2. The molecule has 2 aromatic rings. The molecule has 1 aliphatic rings. The van der Waals surface area contributed by atoms with Crippen molar-refractivity contribution in [2.75, 3.05) is 5.75 Å². The van der Waals surface area contributed by atoms with Crippen molar-refractivity contribution in [1.29, 1.82) is 0 Å². The molecule has 1 heterocycles. The third-order valence-electron chi connectivity index (χ3n) is 3.46. The summed E-state index contributed by atoms with van der Waals surface area (Å²) in [5, 5.41) is 2.48. The smallest absolute Gasteiger partial charge is 0.0574 e. The number of rotatable bonds is 1. The summed E-state index contributed by atoms with van der Waals surface area (Å²) in [6.45, 7) is 4.40. The van der Waals surface area contributed by atoms with E-state index in [2.05, 4.69) is 50.3 Å². The first kappa shape index (κ1) is 11.7. The summed E-state index contributed by atoms with van der Waals surface area (Å²) >= 11 is 0. The minimum atomic E-state index is -0.879. The molecular formula is C16H16OS. The zero-order chi connectivity index (χ0) is 12.7. The van der Waals surface area contributed by atoms with Crippen LogP contribution >= 0.6 is 0 Å².